The number of Topliss-reactive ketones (excluding diaryl/α,β-unsaturated/α-hetero) is 2. The fraction of sp³-hybridized carbons (Fsp3) is 0.0968. The highest BCUT2D eigenvalue weighted by Crippen LogP contribution is 2.33. The van der Waals surface area contributed by atoms with Gasteiger partial charge in [-0.25, -0.2) is 9.59 Å². The van der Waals surface area contributed by atoms with Crippen molar-refractivity contribution in [1.29, 1.82) is 0 Å². The highest BCUT2D eigenvalue weighted by Gasteiger charge is 2.25. The molecule has 4 rings (SSSR count). The summed E-state index contributed by atoms with van der Waals surface area (Å²) in [6.07, 6.45) is 0. The van der Waals surface area contributed by atoms with Gasteiger partial charge in [0.1, 0.15) is 11.5 Å². The third-order valence-electron chi connectivity index (χ3n) is 6.16. The summed E-state index contributed by atoms with van der Waals surface area (Å²) in [4.78, 5) is 49.2. The number of hydrogen-bond donors (Lipinski definition) is 0. The minimum absolute atomic E-state index is 0.186. The molecule has 0 atom stereocenters. The molecule has 0 amide bonds. The normalized spacial score (nSPS) is 11.0. The molecule has 4 aromatic rings. The number of carbonyl (C=O) groups is 4. The van der Waals surface area contributed by atoms with E-state index >= 15 is 0 Å². The van der Waals surface area contributed by atoms with Gasteiger partial charge in [-0.2, -0.15) is 0 Å². The minimum Gasteiger partial charge on any atom is -0.421 e. The molecule has 0 aliphatic carbocycles. The Morgan fingerprint density at radius 3 is 1.13 bits per heavy atom. The summed E-state index contributed by atoms with van der Waals surface area (Å²) in [5.74, 6) is -3.07. The molecule has 0 aliphatic rings. The van der Waals surface area contributed by atoms with Gasteiger partial charge in [-0.3, -0.25) is 9.59 Å². The van der Waals surface area contributed by atoms with Crippen molar-refractivity contribution in [3.05, 3.63) is 129 Å². The first-order valence-electron chi connectivity index (χ1n) is 11.8. The van der Waals surface area contributed by atoms with Gasteiger partial charge in [0.2, 0.25) is 0 Å². The van der Waals surface area contributed by atoms with Crippen LogP contribution in [-0.4, -0.2) is 23.5 Å². The SMILES string of the molecule is CC(C)(c1ccc(OC(=O)C(=O)c2ccc(Cl)cc2)cc1)c1ccc(OC(=O)C(=O)c2ccc(Cl)cc2)cc1. The van der Waals surface area contributed by atoms with Crippen molar-refractivity contribution >= 4 is 46.7 Å². The molecule has 0 spiro atoms. The van der Waals surface area contributed by atoms with Crippen LogP contribution in [0.3, 0.4) is 0 Å². The van der Waals surface area contributed by atoms with Crippen LogP contribution in [0.2, 0.25) is 10.0 Å². The molecule has 4 aromatic carbocycles. The van der Waals surface area contributed by atoms with Crippen molar-refractivity contribution in [2.75, 3.05) is 0 Å². The number of esters is 2. The molecule has 0 saturated heterocycles. The molecule has 196 valence electrons. The molecule has 39 heavy (non-hydrogen) atoms. The Morgan fingerprint density at radius 2 is 0.821 bits per heavy atom. The van der Waals surface area contributed by atoms with Crippen LogP contribution in [-0.2, 0) is 15.0 Å². The van der Waals surface area contributed by atoms with Crippen LogP contribution in [0.5, 0.6) is 11.5 Å². The molecule has 8 heteroatoms. The maximum atomic E-state index is 12.3. The molecule has 0 aromatic heterocycles. The van der Waals surface area contributed by atoms with Gasteiger partial charge < -0.3 is 9.47 Å². The van der Waals surface area contributed by atoms with Crippen LogP contribution in [0.25, 0.3) is 0 Å². The minimum atomic E-state index is -0.996. The quantitative estimate of drug-likeness (QED) is 0.101. The lowest BCUT2D eigenvalue weighted by Crippen LogP contribution is -2.21. The average molecular weight is 561 g/mol. The predicted molar refractivity (Wildman–Crippen MR) is 148 cm³/mol. The maximum absolute atomic E-state index is 12.3. The number of rotatable bonds is 8. The Bertz CT molecular complexity index is 1410. The lowest BCUT2D eigenvalue weighted by molar-refractivity contribution is -0.130. The largest absolute Gasteiger partial charge is 0.421 e. The fourth-order valence-corrected chi connectivity index (χ4v) is 4.04. The summed E-state index contributed by atoms with van der Waals surface area (Å²) >= 11 is 11.6. The highest BCUT2D eigenvalue weighted by atomic mass is 35.5. The van der Waals surface area contributed by atoms with Gasteiger partial charge in [0.25, 0.3) is 11.6 Å². The third kappa shape index (κ3) is 6.60. The molecule has 0 radical (unpaired) electrons. The smallest absolute Gasteiger partial charge is 0.385 e. The van der Waals surface area contributed by atoms with E-state index in [2.05, 4.69) is 0 Å². The van der Waals surface area contributed by atoms with Gasteiger partial charge in [0.05, 0.1) is 0 Å². The zero-order valence-electron chi connectivity index (χ0n) is 20.9. The summed E-state index contributed by atoms with van der Waals surface area (Å²) in [5, 5.41) is 0.913. The van der Waals surface area contributed by atoms with E-state index in [1.807, 2.05) is 13.8 Å². The number of ketones is 2. The van der Waals surface area contributed by atoms with Gasteiger partial charge in [-0.1, -0.05) is 61.3 Å². The number of ether oxygens (including phenoxy) is 2. The first-order valence-corrected chi connectivity index (χ1v) is 12.6. The zero-order valence-corrected chi connectivity index (χ0v) is 22.5. The number of halogens is 2. The fourth-order valence-electron chi connectivity index (χ4n) is 3.79. The molecule has 6 nitrogen and oxygen atoms in total. The lowest BCUT2D eigenvalue weighted by Gasteiger charge is -2.26. The first-order chi connectivity index (χ1) is 18.5. The summed E-state index contributed by atoms with van der Waals surface area (Å²) in [6, 6.07) is 25.6. The Labute approximate surface area is 235 Å². The van der Waals surface area contributed by atoms with Crippen molar-refractivity contribution in [3.63, 3.8) is 0 Å². The van der Waals surface area contributed by atoms with Crippen LogP contribution >= 0.6 is 23.2 Å². The Kier molecular flexibility index (Phi) is 8.29. The van der Waals surface area contributed by atoms with E-state index in [0.29, 0.717) is 10.0 Å². The van der Waals surface area contributed by atoms with Crippen molar-refractivity contribution in [2.24, 2.45) is 0 Å². The third-order valence-corrected chi connectivity index (χ3v) is 6.66. The molecular weight excluding hydrogens is 539 g/mol. The number of hydrogen-bond acceptors (Lipinski definition) is 6. The topological polar surface area (TPSA) is 86.7 Å². The van der Waals surface area contributed by atoms with Gasteiger partial charge >= 0.3 is 11.9 Å². The van der Waals surface area contributed by atoms with Crippen molar-refractivity contribution < 1.29 is 28.7 Å². The molecule has 0 bridgehead atoms. The summed E-state index contributed by atoms with van der Waals surface area (Å²) in [6.45, 7) is 4.01. The molecule has 0 fully saturated rings. The van der Waals surface area contributed by atoms with E-state index in [1.54, 1.807) is 48.5 Å². The van der Waals surface area contributed by atoms with E-state index in [1.165, 1.54) is 48.5 Å². The standard InChI is InChI=1S/C31H22Cl2O6/c1-31(2,21-7-15-25(16-8-21)38-29(36)27(34)19-3-11-23(32)12-4-19)22-9-17-26(18-10-22)39-30(37)28(35)20-5-13-24(33)14-6-20/h3-18H,1-2H3. The summed E-state index contributed by atoms with van der Waals surface area (Å²) < 4.78 is 10.5. The Morgan fingerprint density at radius 1 is 0.513 bits per heavy atom. The Hall–Kier alpha value is -4.26. The molecule has 0 N–H and O–H groups in total. The number of carbonyl (C=O) groups excluding carboxylic acids is 4. The summed E-state index contributed by atoms with van der Waals surface area (Å²) in [7, 11) is 0. The van der Waals surface area contributed by atoms with E-state index in [-0.39, 0.29) is 22.6 Å². The molecular formula is C31H22Cl2O6. The van der Waals surface area contributed by atoms with Gasteiger partial charge in [0, 0.05) is 26.6 Å². The molecule has 0 unspecified atom stereocenters. The van der Waals surface area contributed by atoms with Crippen LogP contribution in [0.4, 0.5) is 0 Å². The van der Waals surface area contributed by atoms with Crippen LogP contribution < -0.4 is 9.47 Å². The molecule has 0 saturated carbocycles. The predicted octanol–water partition coefficient (Wildman–Crippen LogP) is 6.90. The number of benzene rings is 4. The van der Waals surface area contributed by atoms with E-state index in [4.69, 9.17) is 32.7 Å². The summed E-state index contributed by atoms with van der Waals surface area (Å²) in [5.41, 5.74) is 1.72. The second kappa shape index (κ2) is 11.6. The van der Waals surface area contributed by atoms with Crippen molar-refractivity contribution in [1.82, 2.24) is 0 Å². The maximum Gasteiger partial charge on any atom is 0.385 e. The zero-order chi connectivity index (χ0) is 28.2. The van der Waals surface area contributed by atoms with E-state index in [0.717, 1.165) is 11.1 Å². The lowest BCUT2D eigenvalue weighted by atomic mass is 9.78. The van der Waals surface area contributed by atoms with Gasteiger partial charge in [-0.15, -0.1) is 0 Å². The van der Waals surface area contributed by atoms with Gasteiger partial charge in [0.15, 0.2) is 0 Å². The van der Waals surface area contributed by atoms with Crippen molar-refractivity contribution in [3.8, 4) is 11.5 Å². The molecule has 0 heterocycles. The second-order valence-electron chi connectivity index (χ2n) is 9.12. The Balaban J connectivity index is 1.40. The van der Waals surface area contributed by atoms with E-state index in [9.17, 15) is 19.2 Å². The average Bonchev–Trinajstić information content (AvgIpc) is 2.93. The first kappa shape index (κ1) is 27.8. The van der Waals surface area contributed by atoms with Gasteiger partial charge in [-0.05, 0) is 83.9 Å². The second-order valence-corrected chi connectivity index (χ2v) is 10.00. The van der Waals surface area contributed by atoms with E-state index < -0.39 is 28.9 Å². The highest BCUT2D eigenvalue weighted by molar-refractivity contribution is 6.42. The monoisotopic (exact) mass is 560 g/mol. The van der Waals surface area contributed by atoms with Crippen LogP contribution in [0, 0.1) is 0 Å². The van der Waals surface area contributed by atoms with Crippen LogP contribution in [0.1, 0.15) is 45.7 Å². The van der Waals surface area contributed by atoms with Crippen LogP contribution in [0.15, 0.2) is 97.1 Å². The van der Waals surface area contributed by atoms with Crippen molar-refractivity contribution in [2.45, 2.75) is 19.3 Å². The molecule has 0 aliphatic heterocycles.